The van der Waals surface area contributed by atoms with Crippen molar-refractivity contribution in [1.82, 2.24) is 4.90 Å². The highest BCUT2D eigenvalue weighted by molar-refractivity contribution is 5.87. The first-order valence-corrected chi connectivity index (χ1v) is 8.22. The summed E-state index contributed by atoms with van der Waals surface area (Å²) in [6.45, 7) is 0.366. The molecule has 0 radical (unpaired) electrons. The third-order valence-electron chi connectivity index (χ3n) is 4.71. The van der Waals surface area contributed by atoms with Gasteiger partial charge in [0.1, 0.15) is 0 Å². The van der Waals surface area contributed by atoms with E-state index < -0.39 is 0 Å². The Morgan fingerprint density at radius 3 is 2.59 bits per heavy atom. The van der Waals surface area contributed by atoms with Gasteiger partial charge in [0.15, 0.2) is 0 Å². The molecule has 3 nitrogen and oxygen atoms in total. The average molecular weight is 296 g/mol. The molecule has 2 aromatic rings. The fraction of sp³-hybridized carbons (Fsp3) is 0.421. The monoisotopic (exact) mass is 296 g/mol. The number of amides is 1. The second-order valence-corrected chi connectivity index (χ2v) is 6.21. The molecule has 0 bridgehead atoms. The lowest BCUT2D eigenvalue weighted by molar-refractivity contribution is -0.130. The summed E-state index contributed by atoms with van der Waals surface area (Å²) in [5.74, 6) is 0.181. The first-order valence-electron chi connectivity index (χ1n) is 8.22. The summed E-state index contributed by atoms with van der Waals surface area (Å²) in [7, 11) is 1.94. The van der Waals surface area contributed by atoms with Gasteiger partial charge >= 0.3 is 0 Å². The van der Waals surface area contributed by atoms with Crippen LogP contribution in [0.1, 0.15) is 32.1 Å². The van der Waals surface area contributed by atoms with Crippen molar-refractivity contribution in [2.24, 2.45) is 0 Å². The summed E-state index contributed by atoms with van der Waals surface area (Å²) in [6, 6.07) is 14.9. The third kappa shape index (κ3) is 3.41. The highest BCUT2D eigenvalue weighted by atomic mass is 16.2. The standard InChI is InChI=1S/C19H24N2O/c1-21(18-9-3-2-4-10-18)19(22)14-20-17-12-11-15-7-5-6-8-16(15)13-17/h5-8,11-13,18,20H,2-4,9-10,14H2,1H3. The number of benzene rings is 2. The lowest BCUT2D eigenvalue weighted by Crippen LogP contribution is -2.41. The number of hydrogen-bond acceptors (Lipinski definition) is 2. The van der Waals surface area contributed by atoms with Gasteiger partial charge in [0.05, 0.1) is 6.54 Å². The molecule has 1 fully saturated rings. The number of carbonyl (C=O) groups excluding carboxylic acids is 1. The minimum absolute atomic E-state index is 0.181. The molecule has 22 heavy (non-hydrogen) atoms. The maximum absolute atomic E-state index is 12.3. The zero-order valence-corrected chi connectivity index (χ0v) is 13.2. The molecule has 116 valence electrons. The maximum atomic E-state index is 12.3. The first kappa shape index (κ1) is 14.9. The van der Waals surface area contributed by atoms with Crippen molar-refractivity contribution in [3.8, 4) is 0 Å². The van der Waals surface area contributed by atoms with Crippen molar-refractivity contribution >= 4 is 22.4 Å². The molecule has 0 heterocycles. The Morgan fingerprint density at radius 2 is 1.82 bits per heavy atom. The summed E-state index contributed by atoms with van der Waals surface area (Å²) in [6.07, 6.45) is 6.12. The molecule has 3 heteroatoms. The van der Waals surface area contributed by atoms with Crippen LogP contribution in [-0.2, 0) is 4.79 Å². The largest absolute Gasteiger partial charge is 0.376 e. The zero-order valence-electron chi connectivity index (χ0n) is 13.2. The highest BCUT2D eigenvalue weighted by Crippen LogP contribution is 2.22. The van der Waals surface area contributed by atoms with Gasteiger partial charge in [-0.15, -0.1) is 0 Å². The lowest BCUT2D eigenvalue weighted by atomic mass is 9.94. The number of nitrogens with zero attached hydrogens (tertiary/aromatic N) is 1. The van der Waals surface area contributed by atoms with Gasteiger partial charge in [0.2, 0.25) is 5.91 Å². The number of nitrogens with one attached hydrogen (secondary N) is 1. The fourth-order valence-corrected chi connectivity index (χ4v) is 3.27. The van der Waals surface area contributed by atoms with Crippen LogP contribution in [0, 0.1) is 0 Å². The van der Waals surface area contributed by atoms with Crippen molar-refractivity contribution in [3.05, 3.63) is 42.5 Å². The van der Waals surface area contributed by atoms with E-state index in [1.54, 1.807) is 0 Å². The van der Waals surface area contributed by atoms with E-state index in [1.165, 1.54) is 30.0 Å². The fourth-order valence-electron chi connectivity index (χ4n) is 3.27. The molecule has 0 spiro atoms. The van der Waals surface area contributed by atoms with E-state index in [0.717, 1.165) is 18.5 Å². The van der Waals surface area contributed by atoms with Crippen molar-refractivity contribution in [1.29, 1.82) is 0 Å². The van der Waals surface area contributed by atoms with E-state index >= 15 is 0 Å². The van der Waals surface area contributed by atoms with Gasteiger partial charge in [0, 0.05) is 18.8 Å². The molecule has 1 saturated carbocycles. The van der Waals surface area contributed by atoms with Gasteiger partial charge in [-0.25, -0.2) is 0 Å². The summed E-state index contributed by atoms with van der Waals surface area (Å²) in [5.41, 5.74) is 1.00. The summed E-state index contributed by atoms with van der Waals surface area (Å²) >= 11 is 0. The Bertz CT molecular complexity index is 647. The Morgan fingerprint density at radius 1 is 1.09 bits per heavy atom. The second kappa shape index (κ2) is 6.82. The van der Waals surface area contributed by atoms with Gasteiger partial charge < -0.3 is 10.2 Å². The van der Waals surface area contributed by atoms with Crippen LogP contribution in [0.5, 0.6) is 0 Å². The smallest absolute Gasteiger partial charge is 0.241 e. The molecular weight excluding hydrogens is 272 g/mol. The topological polar surface area (TPSA) is 32.3 Å². The minimum Gasteiger partial charge on any atom is -0.376 e. The first-order chi connectivity index (χ1) is 10.7. The number of likely N-dealkylation sites (N-methyl/N-ethyl adjacent to an activating group) is 1. The summed E-state index contributed by atoms with van der Waals surface area (Å²) < 4.78 is 0. The van der Waals surface area contributed by atoms with Crippen LogP contribution in [0.15, 0.2) is 42.5 Å². The second-order valence-electron chi connectivity index (χ2n) is 6.21. The SMILES string of the molecule is CN(C(=O)CNc1ccc2ccccc2c1)C1CCCCC1. The lowest BCUT2D eigenvalue weighted by Gasteiger charge is -2.31. The predicted octanol–water partition coefficient (Wildman–Crippen LogP) is 4.04. The molecule has 1 amide bonds. The summed E-state index contributed by atoms with van der Waals surface area (Å²) in [5, 5.41) is 5.68. The van der Waals surface area contributed by atoms with E-state index in [2.05, 4.69) is 29.6 Å². The number of fused-ring (bicyclic) bond motifs is 1. The van der Waals surface area contributed by atoms with Crippen LogP contribution in [0.4, 0.5) is 5.69 Å². The number of anilines is 1. The Hall–Kier alpha value is -2.03. The predicted molar refractivity (Wildman–Crippen MR) is 92.1 cm³/mol. The van der Waals surface area contributed by atoms with Crippen LogP contribution < -0.4 is 5.32 Å². The molecule has 1 aliphatic rings. The van der Waals surface area contributed by atoms with Crippen molar-refractivity contribution in [2.45, 2.75) is 38.1 Å². The minimum atomic E-state index is 0.181. The third-order valence-corrected chi connectivity index (χ3v) is 4.71. The van der Waals surface area contributed by atoms with Gasteiger partial charge in [-0.05, 0) is 35.7 Å². The van der Waals surface area contributed by atoms with Crippen molar-refractivity contribution < 1.29 is 4.79 Å². The van der Waals surface area contributed by atoms with E-state index in [9.17, 15) is 4.79 Å². The van der Waals surface area contributed by atoms with Gasteiger partial charge in [-0.3, -0.25) is 4.79 Å². The number of hydrogen-bond donors (Lipinski definition) is 1. The van der Waals surface area contributed by atoms with Crippen LogP contribution in [0.2, 0.25) is 0 Å². The van der Waals surface area contributed by atoms with E-state index in [0.29, 0.717) is 12.6 Å². The van der Waals surface area contributed by atoms with Crippen LogP contribution in [0.3, 0.4) is 0 Å². The molecule has 2 aromatic carbocycles. The Labute approximate surface area is 132 Å². The zero-order chi connectivity index (χ0) is 15.4. The average Bonchev–Trinajstić information content (AvgIpc) is 2.59. The molecule has 0 aromatic heterocycles. The van der Waals surface area contributed by atoms with Crippen molar-refractivity contribution in [2.75, 3.05) is 18.9 Å². The molecule has 0 atom stereocenters. The van der Waals surface area contributed by atoms with E-state index in [1.807, 2.05) is 30.1 Å². The van der Waals surface area contributed by atoms with Crippen LogP contribution in [0.25, 0.3) is 10.8 Å². The van der Waals surface area contributed by atoms with Gasteiger partial charge in [-0.1, -0.05) is 49.6 Å². The van der Waals surface area contributed by atoms with Crippen LogP contribution >= 0.6 is 0 Å². The van der Waals surface area contributed by atoms with Gasteiger partial charge in [0.25, 0.3) is 0 Å². The number of rotatable bonds is 4. The molecule has 0 saturated heterocycles. The summed E-state index contributed by atoms with van der Waals surface area (Å²) in [4.78, 5) is 14.3. The molecule has 0 unspecified atom stereocenters. The van der Waals surface area contributed by atoms with Crippen molar-refractivity contribution in [3.63, 3.8) is 0 Å². The van der Waals surface area contributed by atoms with Gasteiger partial charge in [-0.2, -0.15) is 0 Å². The van der Waals surface area contributed by atoms with E-state index in [4.69, 9.17) is 0 Å². The number of carbonyl (C=O) groups is 1. The molecule has 1 N–H and O–H groups in total. The van der Waals surface area contributed by atoms with E-state index in [-0.39, 0.29) is 5.91 Å². The molecule has 1 aliphatic carbocycles. The quantitative estimate of drug-likeness (QED) is 0.923. The molecule has 3 rings (SSSR count). The Balaban J connectivity index is 1.59. The van der Waals surface area contributed by atoms with Crippen LogP contribution in [-0.4, -0.2) is 30.4 Å². The molecule has 0 aliphatic heterocycles. The highest BCUT2D eigenvalue weighted by Gasteiger charge is 2.21. The normalized spacial score (nSPS) is 15.7. The Kier molecular flexibility index (Phi) is 4.62. The molecular formula is C19H24N2O. The maximum Gasteiger partial charge on any atom is 0.241 e.